The maximum atomic E-state index is 11.8. The topological polar surface area (TPSA) is 90.5 Å². The van der Waals surface area contributed by atoms with Crippen molar-refractivity contribution >= 4 is 40.1 Å². The van der Waals surface area contributed by atoms with E-state index in [4.69, 9.17) is 17.0 Å². The van der Waals surface area contributed by atoms with Gasteiger partial charge in [0.05, 0.1) is 12.5 Å². The van der Waals surface area contributed by atoms with Crippen molar-refractivity contribution in [2.24, 2.45) is 5.92 Å². The van der Waals surface area contributed by atoms with Crippen LogP contribution >= 0.6 is 24.0 Å². The summed E-state index contributed by atoms with van der Waals surface area (Å²) in [6, 6.07) is 0. The molecule has 10 heteroatoms. The van der Waals surface area contributed by atoms with Gasteiger partial charge in [0.15, 0.2) is 5.82 Å². The Bertz CT molecular complexity index is 641. The van der Waals surface area contributed by atoms with Gasteiger partial charge >= 0.3 is 11.8 Å². The van der Waals surface area contributed by atoms with Crippen molar-refractivity contribution in [1.82, 2.24) is 14.5 Å². The molecule has 1 aliphatic rings. The average molecular weight is 386 g/mol. The van der Waals surface area contributed by atoms with E-state index in [1.54, 1.807) is 11.5 Å². The number of aryl methyl sites for hydroxylation is 1. The number of likely N-dealkylation sites (tertiary alicyclic amines) is 1. The standard InChI is InChI=1S/C15H22N4O4S2/c1-3-23-14(20)12-4-6-17(7-5-12)15(24)25-9-8-18-11(2)16-10-13(18)19(21)22/h10,12H,3-9H2,1-2H3. The fraction of sp³-hybridized carbons (Fsp3) is 0.667. The van der Waals surface area contributed by atoms with Crippen LogP contribution in [0, 0.1) is 23.0 Å². The van der Waals surface area contributed by atoms with Crippen LogP contribution in [-0.2, 0) is 16.1 Å². The van der Waals surface area contributed by atoms with Crippen LogP contribution in [0.4, 0.5) is 5.82 Å². The van der Waals surface area contributed by atoms with E-state index in [1.807, 2.05) is 6.92 Å². The smallest absolute Gasteiger partial charge is 0.342 e. The second-order valence-corrected chi connectivity index (χ2v) is 7.43. The largest absolute Gasteiger partial charge is 0.466 e. The number of esters is 1. The van der Waals surface area contributed by atoms with E-state index in [0.29, 0.717) is 24.7 Å². The van der Waals surface area contributed by atoms with E-state index < -0.39 is 4.92 Å². The van der Waals surface area contributed by atoms with E-state index in [1.165, 1.54) is 18.0 Å². The van der Waals surface area contributed by atoms with Gasteiger partial charge in [-0.05, 0) is 24.7 Å². The summed E-state index contributed by atoms with van der Waals surface area (Å²) in [4.78, 5) is 28.4. The summed E-state index contributed by atoms with van der Waals surface area (Å²) in [7, 11) is 0. The summed E-state index contributed by atoms with van der Waals surface area (Å²) < 4.78 is 7.42. The number of ether oxygens (including phenoxy) is 1. The number of carbonyl (C=O) groups excluding carboxylic acids is 1. The van der Waals surface area contributed by atoms with Crippen LogP contribution in [0.3, 0.4) is 0 Å². The number of nitrogens with zero attached hydrogens (tertiary/aromatic N) is 4. The summed E-state index contributed by atoms with van der Waals surface area (Å²) in [6.45, 7) is 5.92. The number of piperidine rings is 1. The van der Waals surface area contributed by atoms with Crippen molar-refractivity contribution in [2.45, 2.75) is 33.2 Å². The summed E-state index contributed by atoms with van der Waals surface area (Å²) in [6.07, 6.45) is 2.76. The molecule has 0 unspecified atom stereocenters. The molecule has 0 saturated carbocycles. The van der Waals surface area contributed by atoms with Crippen molar-refractivity contribution < 1.29 is 14.5 Å². The molecule has 1 aliphatic heterocycles. The summed E-state index contributed by atoms with van der Waals surface area (Å²) >= 11 is 6.96. The van der Waals surface area contributed by atoms with Gasteiger partial charge in [-0.15, -0.1) is 0 Å². The Kier molecular flexibility index (Phi) is 7.18. The van der Waals surface area contributed by atoms with Crippen molar-refractivity contribution in [3.63, 3.8) is 0 Å². The molecule has 0 aliphatic carbocycles. The van der Waals surface area contributed by atoms with Gasteiger partial charge in [-0.3, -0.25) is 4.79 Å². The van der Waals surface area contributed by atoms with Crippen LogP contribution in [-0.4, -0.2) is 55.1 Å². The van der Waals surface area contributed by atoms with Crippen LogP contribution in [0.2, 0.25) is 0 Å². The van der Waals surface area contributed by atoms with E-state index in [-0.39, 0.29) is 17.7 Å². The number of aromatic nitrogens is 2. The number of imidazole rings is 1. The minimum absolute atomic E-state index is 0.000677. The minimum atomic E-state index is -0.427. The molecule has 0 N–H and O–H groups in total. The first kappa shape index (κ1) is 19.6. The zero-order valence-corrected chi connectivity index (χ0v) is 16.0. The molecule has 0 spiro atoms. The van der Waals surface area contributed by atoms with E-state index >= 15 is 0 Å². The second-order valence-electron chi connectivity index (χ2n) is 5.70. The Hall–Kier alpha value is -1.68. The van der Waals surface area contributed by atoms with Crippen molar-refractivity contribution in [2.75, 3.05) is 25.4 Å². The molecule has 138 valence electrons. The van der Waals surface area contributed by atoms with Gasteiger partial charge in [0.1, 0.15) is 17.1 Å². The average Bonchev–Trinajstić information content (AvgIpc) is 2.96. The molecule has 0 atom stereocenters. The fourth-order valence-corrected chi connectivity index (χ4v) is 4.00. The van der Waals surface area contributed by atoms with Crippen molar-refractivity contribution in [3.8, 4) is 0 Å². The summed E-state index contributed by atoms with van der Waals surface area (Å²) in [5.74, 6) is 1.09. The van der Waals surface area contributed by atoms with E-state index in [2.05, 4.69) is 9.88 Å². The highest BCUT2D eigenvalue weighted by Crippen LogP contribution is 2.23. The number of thiocarbonyl (C=S) groups is 1. The second kappa shape index (κ2) is 9.14. The Morgan fingerprint density at radius 2 is 2.20 bits per heavy atom. The third-order valence-corrected chi connectivity index (χ3v) is 5.64. The quantitative estimate of drug-likeness (QED) is 0.319. The van der Waals surface area contributed by atoms with E-state index in [9.17, 15) is 14.9 Å². The third-order valence-electron chi connectivity index (χ3n) is 4.13. The third kappa shape index (κ3) is 5.15. The highest BCUT2D eigenvalue weighted by Gasteiger charge is 2.27. The van der Waals surface area contributed by atoms with Crippen molar-refractivity contribution in [3.05, 3.63) is 22.1 Å². The summed E-state index contributed by atoms with van der Waals surface area (Å²) in [5.41, 5.74) is 0. The van der Waals surface area contributed by atoms with Gasteiger partial charge in [-0.1, -0.05) is 24.0 Å². The number of nitro groups is 1. The Morgan fingerprint density at radius 3 is 2.80 bits per heavy atom. The Balaban J connectivity index is 1.78. The first-order valence-corrected chi connectivity index (χ1v) is 9.58. The molecule has 0 amide bonds. The lowest BCUT2D eigenvalue weighted by molar-refractivity contribution is -0.392. The summed E-state index contributed by atoms with van der Waals surface area (Å²) in [5, 5.41) is 11.0. The van der Waals surface area contributed by atoms with Crippen LogP contribution < -0.4 is 0 Å². The van der Waals surface area contributed by atoms with Crippen LogP contribution in [0.1, 0.15) is 25.6 Å². The molecule has 2 heterocycles. The molecule has 25 heavy (non-hydrogen) atoms. The molecule has 1 fully saturated rings. The molecule has 8 nitrogen and oxygen atoms in total. The lowest BCUT2D eigenvalue weighted by Gasteiger charge is -2.32. The van der Waals surface area contributed by atoms with Gasteiger partial charge in [0.2, 0.25) is 0 Å². The minimum Gasteiger partial charge on any atom is -0.466 e. The van der Waals surface area contributed by atoms with Crippen LogP contribution in [0.5, 0.6) is 0 Å². The number of carbonyl (C=O) groups is 1. The molecule has 0 radical (unpaired) electrons. The predicted octanol–water partition coefficient (Wildman–Crippen LogP) is 2.39. The lowest BCUT2D eigenvalue weighted by atomic mass is 9.97. The number of rotatable bonds is 6. The molecule has 1 aromatic heterocycles. The zero-order valence-electron chi connectivity index (χ0n) is 14.3. The van der Waals surface area contributed by atoms with E-state index in [0.717, 1.165) is 30.3 Å². The fourth-order valence-electron chi connectivity index (χ4n) is 2.75. The van der Waals surface area contributed by atoms with Gasteiger partial charge in [-0.25, -0.2) is 9.55 Å². The normalized spacial score (nSPS) is 15.2. The number of thioether (sulfide) groups is 1. The van der Waals surface area contributed by atoms with Gasteiger partial charge < -0.3 is 19.8 Å². The SMILES string of the molecule is CCOC(=O)C1CCN(C(=S)SCCn2c([N+](=O)[O-])cnc2C)CC1. The first-order chi connectivity index (χ1) is 11.9. The van der Waals surface area contributed by atoms with Crippen LogP contribution in [0.15, 0.2) is 6.20 Å². The highest BCUT2D eigenvalue weighted by molar-refractivity contribution is 8.22. The van der Waals surface area contributed by atoms with Crippen LogP contribution in [0.25, 0.3) is 0 Å². The molecular weight excluding hydrogens is 364 g/mol. The molecule has 2 rings (SSSR count). The Labute approximate surface area is 156 Å². The molecular formula is C15H22N4O4S2. The highest BCUT2D eigenvalue weighted by atomic mass is 32.2. The molecule has 1 aromatic rings. The first-order valence-electron chi connectivity index (χ1n) is 8.18. The van der Waals surface area contributed by atoms with Crippen molar-refractivity contribution in [1.29, 1.82) is 0 Å². The maximum Gasteiger partial charge on any atom is 0.342 e. The maximum absolute atomic E-state index is 11.8. The lowest BCUT2D eigenvalue weighted by Crippen LogP contribution is -2.39. The number of hydrogen-bond acceptors (Lipinski definition) is 7. The molecule has 1 saturated heterocycles. The van der Waals surface area contributed by atoms with Gasteiger partial charge in [-0.2, -0.15) is 0 Å². The predicted molar refractivity (Wildman–Crippen MR) is 99.6 cm³/mol. The van der Waals surface area contributed by atoms with Gasteiger partial charge in [0.25, 0.3) is 0 Å². The molecule has 0 aromatic carbocycles. The monoisotopic (exact) mass is 386 g/mol. The zero-order chi connectivity index (χ0) is 18.4. The molecule has 0 bridgehead atoms. The number of hydrogen-bond donors (Lipinski definition) is 0. The Morgan fingerprint density at radius 1 is 1.52 bits per heavy atom. The van der Waals surface area contributed by atoms with Gasteiger partial charge in [0, 0.05) is 25.8 Å².